The Morgan fingerprint density at radius 2 is 1.05 bits per heavy atom. The molecule has 0 saturated heterocycles. The second kappa shape index (κ2) is 42.2. The lowest BCUT2D eigenvalue weighted by molar-refractivity contribution is -0.161. The number of phosphoric acid groups is 1. The molecule has 0 heterocycles. The van der Waals surface area contributed by atoms with E-state index < -0.39 is 63.8 Å². The van der Waals surface area contributed by atoms with Gasteiger partial charge in [-0.25, -0.2) is 4.57 Å². The summed E-state index contributed by atoms with van der Waals surface area (Å²) < 4.78 is 32.5. The largest absolute Gasteiger partial charge is 0.480 e. The van der Waals surface area contributed by atoms with E-state index >= 15 is 0 Å². The molecular weight excluding hydrogens is 797 g/mol. The van der Waals surface area contributed by atoms with Crippen molar-refractivity contribution >= 4 is 25.7 Å². The minimum atomic E-state index is -4.79. The molecule has 2 unspecified atom stereocenters. The highest BCUT2D eigenvalue weighted by Gasteiger charge is 2.28. The number of carboxylic acid groups (broad SMARTS) is 1. The van der Waals surface area contributed by atoms with Gasteiger partial charge in [0.25, 0.3) is 0 Å². The SMILES string of the molecule is CC/C=C\C/C=C\C/C=C\C/C=C\C/C=C\C=C/C(O)CCC(=O)O[C@H](COC(=O)CCCCCCCCCCCCCCCCCCC)COP(=O)(O)OC[C@H](N)C(=O)O. The lowest BCUT2D eigenvalue weighted by Gasteiger charge is -2.20. The highest BCUT2D eigenvalue weighted by molar-refractivity contribution is 7.47. The third-order valence-electron chi connectivity index (χ3n) is 9.59. The van der Waals surface area contributed by atoms with Crippen molar-refractivity contribution < 1.29 is 52.6 Å². The first-order valence-electron chi connectivity index (χ1n) is 23.1. The number of esters is 2. The van der Waals surface area contributed by atoms with E-state index in [0.29, 0.717) is 6.42 Å². The average molecular weight is 880 g/mol. The normalized spacial score (nSPS) is 14.8. The quantitative estimate of drug-likeness (QED) is 0.0149. The topological polar surface area (TPSA) is 192 Å². The Kier molecular flexibility index (Phi) is 40.0. The average Bonchev–Trinajstić information content (AvgIpc) is 3.23. The van der Waals surface area contributed by atoms with Crippen molar-refractivity contribution in [3.05, 3.63) is 72.9 Å². The second-order valence-corrected chi connectivity index (χ2v) is 16.8. The number of rotatable bonds is 42. The zero-order valence-corrected chi connectivity index (χ0v) is 38.5. The molecule has 0 aromatic heterocycles. The number of aliphatic carboxylic acids is 1. The summed E-state index contributed by atoms with van der Waals surface area (Å²) in [6.45, 7) is 2.45. The maximum Gasteiger partial charge on any atom is 0.472 e. The van der Waals surface area contributed by atoms with Crippen LogP contribution in [-0.4, -0.2) is 71.1 Å². The van der Waals surface area contributed by atoms with E-state index in [-0.39, 0.29) is 19.3 Å². The molecule has 0 bridgehead atoms. The Morgan fingerprint density at radius 3 is 1.54 bits per heavy atom. The first-order chi connectivity index (χ1) is 29.5. The first-order valence-corrected chi connectivity index (χ1v) is 24.6. The smallest absolute Gasteiger partial charge is 0.472 e. The summed E-state index contributed by atoms with van der Waals surface area (Å²) in [4.78, 5) is 46.1. The molecule has 0 aromatic carbocycles. The predicted molar refractivity (Wildman–Crippen MR) is 246 cm³/mol. The molecule has 0 saturated carbocycles. The molecule has 0 fully saturated rings. The van der Waals surface area contributed by atoms with Gasteiger partial charge in [-0.15, -0.1) is 0 Å². The Balaban J connectivity index is 4.55. The van der Waals surface area contributed by atoms with E-state index in [2.05, 4.69) is 67.0 Å². The lowest BCUT2D eigenvalue weighted by Crippen LogP contribution is -2.34. The number of nitrogens with two attached hydrogens (primary N) is 1. The molecule has 12 nitrogen and oxygen atoms in total. The molecule has 350 valence electrons. The number of aliphatic hydroxyl groups is 1. The molecule has 0 rings (SSSR count). The van der Waals surface area contributed by atoms with Gasteiger partial charge in [-0.1, -0.05) is 189 Å². The predicted octanol–water partition coefficient (Wildman–Crippen LogP) is 11.5. The number of carbonyl (C=O) groups excluding carboxylic acids is 2. The molecule has 5 N–H and O–H groups in total. The molecule has 4 atom stereocenters. The highest BCUT2D eigenvalue weighted by atomic mass is 31.2. The number of aliphatic hydroxyl groups excluding tert-OH is 1. The van der Waals surface area contributed by atoms with Crippen molar-refractivity contribution in [2.24, 2.45) is 5.73 Å². The summed E-state index contributed by atoms with van der Waals surface area (Å²) in [5.74, 6) is -2.69. The molecule has 0 radical (unpaired) electrons. The van der Waals surface area contributed by atoms with Crippen LogP contribution in [0.15, 0.2) is 72.9 Å². The number of hydrogen-bond donors (Lipinski definition) is 4. The van der Waals surface area contributed by atoms with Crippen LogP contribution in [0, 0.1) is 0 Å². The maximum absolute atomic E-state index is 12.7. The number of hydrogen-bond acceptors (Lipinski definition) is 10. The molecule has 0 aliphatic heterocycles. The number of carboxylic acids is 1. The van der Waals surface area contributed by atoms with Gasteiger partial charge in [-0.2, -0.15) is 0 Å². The molecule has 0 aliphatic carbocycles. The van der Waals surface area contributed by atoms with E-state index in [4.69, 9.17) is 24.8 Å². The van der Waals surface area contributed by atoms with E-state index in [1.54, 1.807) is 18.2 Å². The van der Waals surface area contributed by atoms with Gasteiger partial charge in [0.15, 0.2) is 6.10 Å². The van der Waals surface area contributed by atoms with Gasteiger partial charge in [0.05, 0.1) is 19.3 Å². The van der Waals surface area contributed by atoms with Crippen LogP contribution in [0.25, 0.3) is 0 Å². The summed E-state index contributed by atoms with van der Waals surface area (Å²) >= 11 is 0. The van der Waals surface area contributed by atoms with Crippen molar-refractivity contribution in [1.82, 2.24) is 0 Å². The molecule has 61 heavy (non-hydrogen) atoms. The van der Waals surface area contributed by atoms with E-state index in [0.717, 1.165) is 51.4 Å². The summed E-state index contributed by atoms with van der Waals surface area (Å²) in [5, 5.41) is 19.2. The Hall–Kier alpha value is -3.12. The third kappa shape index (κ3) is 42.0. The number of allylic oxidation sites excluding steroid dienone is 11. The van der Waals surface area contributed by atoms with Gasteiger partial charge in [0.2, 0.25) is 0 Å². The molecule has 0 aromatic rings. The van der Waals surface area contributed by atoms with Crippen LogP contribution in [0.5, 0.6) is 0 Å². The Labute approximate surface area is 368 Å². The van der Waals surface area contributed by atoms with Crippen LogP contribution in [0.4, 0.5) is 0 Å². The monoisotopic (exact) mass is 880 g/mol. The Morgan fingerprint density at radius 1 is 0.590 bits per heavy atom. The summed E-state index contributed by atoms with van der Waals surface area (Å²) in [7, 11) is -4.79. The van der Waals surface area contributed by atoms with Crippen molar-refractivity contribution in [2.45, 2.75) is 193 Å². The first kappa shape index (κ1) is 57.9. The van der Waals surface area contributed by atoms with Gasteiger partial charge in [-0.3, -0.25) is 23.4 Å². The lowest BCUT2D eigenvalue weighted by atomic mass is 10.0. The Bertz CT molecular complexity index is 1330. The molecule has 0 spiro atoms. The van der Waals surface area contributed by atoms with Crippen LogP contribution < -0.4 is 5.73 Å². The minimum absolute atomic E-state index is 0.0430. The van der Waals surface area contributed by atoms with Crippen LogP contribution in [-0.2, 0) is 37.5 Å². The van der Waals surface area contributed by atoms with Crippen LogP contribution in [0.1, 0.15) is 174 Å². The van der Waals surface area contributed by atoms with Crippen molar-refractivity contribution in [1.29, 1.82) is 0 Å². The second-order valence-electron chi connectivity index (χ2n) is 15.4. The van der Waals surface area contributed by atoms with Crippen LogP contribution in [0.3, 0.4) is 0 Å². The molecule has 0 aliphatic rings. The molecule has 13 heteroatoms. The maximum atomic E-state index is 12.7. The van der Waals surface area contributed by atoms with Crippen LogP contribution in [0.2, 0.25) is 0 Å². The fourth-order valence-corrected chi connectivity index (χ4v) is 6.72. The fourth-order valence-electron chi connectivity index (χ4n) is 5.94. The molecular formula is C48H82NO11P. The number of carbonyl (C=O) groups is 3. The number of ether oxygens (including phenoxy) is 2. The zero-order chi connectivity index (χ0) is 45.1. The summed E-state index contributed by atoms with van der Waals surface area (Å²) in [5.41, 5.74) is 5.32. The number of unbranched alkanes of at least 4 members (excludes halogenated alkanes) is 16. The zero-order valence-electron chi connectivity index (χ0n) is 37.6. The van der Waals surface area contributed by atoms with Gasteiger partial charge >= 0.3 is 25.7 Å². The standard InChI is InChI=1S/C48H82NO11P/c1-3-5-7-9-11-13-15-17-19-21-23-25-27-29-31-33-35-37-46(51)57-40-44(41-58-61(55,56)59-42-45(49)48(53)54)60-47(52)39-38-43(50)36-34-32-30-28-26-24-22-20-18-16-14-12-10-8-6-4-2/h6,8,12,14,18,20,24,26,30,32,34,36,43-45,50H,3-5,7,9-11,13,15-17,19,21-23,25,27-29,31,33,35,37-42,49H2,1-2H3,(H,53,54)(H,55,56)/b8-6-,14-12-,20-18-,26-24-,32-30-,36-34-/t43?,44-,45+/m1/s1. The summed E-state index contributed by atoms with van der Waals surface area (Å²) in [6.07, 6.45) is 47.2. The van der Waals surface area contributed by atoms with Gasteiger partial charge in [0.1, 0.15) is 12.6 Å². The minimum Gasteiger partial charge on any atom is -0.480 e. The van der Waals surface area contributed by atoms with Gasteiger partial charge < -0.3 is 30.3 Å². The van der Waals surface area contributed by atoms with Crippen molar-refractivity contribution in [3.63, 3.8) is 0 Å². The van der Waals surface area contributed by atoms with Crippen molar-refractivity contribution in [2.75, 3.05) is 19.8 Å². The molecule has 0 amide bonds. The van der Waals surface area contributed by atoms with Gasteiger partial charge in [-0.05, 0) is 44.9 Å². The third-order valence-corrected chi connectivity index (χ3v) is 10.5. The van der Waals surface area contributed by atoms with Gasteiger partial charge in [0, 0.05) is 12.8 Å². The fraction of sp³-hybridized carbons (Fsp3) is 0.688. The number of phosphoric ester groups is 1. The highest BCUT2D eigenvalue weighted by Crippen LogP contribution is 2.43. The van der Waals surface area contributed by atoms with E-state index in [9.17, 15) is 28.9 Å². The van der Waals surface area contributed by atoms with Crippen LogP contribution >= 0.6 is 7.82 Å². The van der Waals surface area contributed by atoms with E-state index in [1.165, 1.54) is 83.5 Å². The summed E-state index contributed by atoms with van der Waals surface area (Å²) in [6, 6.07) is -1.56. The van der Waals surface area contributed by atoms with E-state index in [1.807, 2.05) is 6.08 Å². The van der Waals surface area contributed by atoms with Crippen molar-refractivity contribution in [3.8, 4) is 0 Å².